The number of carbonyl (C=O) groups is 2. The summed E-state index contributed by atoms with van der Waals surface area (Å²) in [5.41, 5.74) is 2.01. The number of benzene rings is 2. The van der Waals surface area contributed by atoms with Gasteiger partial charge < -0.3 is 10.6 Å². The Morgan fingerprint density at radius 2 is 1.77 bits per heavy atom. The Kier molecular flexibility index (Phi) is 7.45. The molecule has 0 aliphatic heterocycles. The largest absolute Gasteiger partial charge is 0.352 e. The number of nitrogens with one attached hydrogen (secondary N) is 2. The lowest BCUT2D eigenvalue weighted by Crippen LogP contribution is -2.30. The molecule has 2 amide bonds. The first kappa shape index (κ1) is 20.2. The highest BCUT2D eigenvalue weighted by molar-refractivity contribution is 6.34. The lowest BCUT2D eigenvalue weighted by molar-refractivity contribution is -0.117. The molecule has 26 heavy (non-hydrogen) atoms. The van der Waals surface area contributed by atoms with Crippen molar-refractivity contribution in [3.63, 3.8) is 0 Å². The Balaban J connectivity index is 1.93. The van der Waals surface area contributed by atoms with E-state index in [-0.39, 0.29) is 18.4 Å². The number of halogens is 2. The minimum absolute atomic E-state index is 0.168. The van der Waals surface area contributed by atoms with Crippen LogP contribution in [0.1, 0.15) is 22.8 Å². The number of amides is 2. The highest BCUT2D eigenvalue weighted by Crippen LogP contribution is 2.20. The van der Waals surface area contributed by atoms with Gasteiger partial charge in [0.2, 0.25) is 5.91 Å². The van der Waals surface area contributed by atoms with Gasteiger partial charge in [0.05, 0.1) is 6.54 Å². The first-order valence-corrected chi connectivity index (χ1v) is 8.94. The second-order valence-electron chi connectivity index (χ2n) is 5.94. The summed E-state index contributed by atoms with van der Waals surface area (Å²) >= 11 is 12.0. The van der Waals surface area contributed by atoms with E-state index in [0.717, 1.165) is 5.56 Å². The van der Waals surface area contributed by atoms with Crippen LogP contribution in [0.15, 0.2) is 42.5 Å². The van der Waals surface area contributed by atoms with Gasteiger partial charge in [0, 0.05) is 34.4 Å². The quantitative estimate of drug-likeness (QED) is 0.751. The molecule has 0 unspecified atom stereocenters. The van der Waals surface area contributed by atoms with Gasteiger partial charge in [-0.15, -0.1) is 0 Å². The van der Waals surface area contributed by atoms with Crippen LogP contribution in [0.5, 0.6) is 0 Å². The third kappa shape index (κ3) is 6.33. The fourth-order valence-corrected chi connectivity index (χ4v) is 3.09. The van der Waals surface area contributed by atoms with Gasteiger partial charge in [-0.3, -0.25) is 14.5 Å². The zero-order valence-electron chi connectivity index (χ0n) is 14.7. The van der Waals surface area contributed by atoms with Gasteiger partial charge in [0.15, 0.2) is 0 Å². The van der Waals surface area contributed by atoms with Crippen LogP contribution in [0.2, 0.25) is 10.0 Å². The molecule has 0 radical (unpaired) electrons. The van der Waals surface area contributed by atoms with Crippen LogP contribution in [-0.2, 0) is 11.3 Å². The molecule has 0 saturated heterocycles. The summed E-state index contributed by atoms with van der Waals surface area (Å²) in [4.78, 5) is 26.0. The Bertz CT molecular complexity index is 776. The maximum atomic E-state index is 12.2. The summed E-state index contributed by atoms with van der Waals surface area (Å²) in [7, 11) is 1.83. The van der Waals surface area contributed by atoms with Crippen LogP contribution in [0.3, 0.4) is 0 Å². The zero-order valence-corrected chi connectivity index (χ0v) is 16.2. The molecular weight excluding hydrogens is 373 g/mol. The number of nitrogens with zero attached hydrogens (tertiary/aromatic N) is 1. The molecule has 2 aromatic carbocycles. The molecule has 0 atom stereocenters. The van der Waals surface area contributed by atoms with Crippen molar-refractivity contribution in [1.29, 1.82) is 0 Å². The second kappa shape index (κ2) is 9.57. The van der Waals surface area contributed by atoms with Gasteiger partial charge in [-0.25, -0.2) is 0 Å². The predicted octanol–water partition coefficient (Wildman–Crippen LogP) is 3.81. The fourth-order valence-electron chi connectivity index (χ4n) is 2.52. The Hall–Kier alpha value is -2.08. The normalized spacial score (nSPS) is 10.7. The van der Waals surface area contributed by atoms with E-state index in [0.29, 0.717) is 34.4 Å². The number of anilines is 1. The van der Waals surface area contributed by atoms with Gasteiger partial charge in [-0.2, -0.15) is 0 Å². The van der Waals surface area contributed by atoms with Crippen LogP contribution < -0.4 is 10.6 Å². The van der Waals surface area contributed by atoms with Gasteiger partial charge in [-0.1, -0.05) is 29.3 Å². The molecule has 0 aliphatic carbocycles. The number of hydrogen-bond acceptors (Lipinski definition) is 3. The molecule has 2 N–H and O–H groups in total. The van der Waals surface area contributed by atoms with Crippen molar-refractivity contribution in [2.24, 2.45) is 0 Å². The lowest BCUT2D eigenvalue weighted by Gasteiger charge is -2.17. The topological polar surface area (TPSA) is 61.4 Å². The Morgan fingerprint density at radius 3 is 2.42 bits per heavy atom. The smallest absolute Gasteiger partial charge is 0.251 e. The van der Waals surface area contributed by atoms with E-state index in [1.807, 2.05) is 31.0 Å². The number of carbonyl (C=O) groups excluding carboxylic acids is 2. The summed E-state index contributed by atoms with van der Waals surface area (Å²) in [5.74, 6) is -0.341. The van der Waals surface area contributed by atoms with Crippen LogP contribution in [0.4, 0.5) is 5.69 Å². The molecular formula is C19H21Cl2N3O2. The average molecular weight is 394 g/mol. The van der Waals surface area contributed by atoms with Crippen molar-refractivity contribution in [1.82, 2.24) is 10.2 Å². The standard InChI is InChI=1S/C19H21Cl2N3O2/c1-3-22-19(26)14-5-4-6-17(9-14)23-18(25)12-24(2)11-13-7-15(20)10-16(21)8-13/h4-10H,3,11-12H2,1-2H3,(H,22,26)(H,23,25). The van der Waals surface area contributed by atoms with E-state index in [1.165, 1.54) is 0 Å². The van der Waals surface area contributed by atoms with Crippen molar-refractivity contribution in [2.75, 3.05) is 25.5 Å². The van der Waals surface area contributed by atoms with E-state index in [1.54, 1.807) is 30.3 Å². The zero-order chi connectivity index (χ0) is 19.1. The number of rotatable bonds is 7. The molecule has 2 rings (SSSR count). The van der Waals surface area contributed by atoms with Crippen LogP contribution in [-0.4, -0.2) is 36.9 Å². The van der Waals surface area contributed by atoms with E-state index in [4.69, 9.17) is 23.2 Å². The monoisotopic (exact) mass is 393 g/mol. The maximum Gasteiger partial charge on any atom is 0.251 e. The van der Waals surface area contributed by atoms with Gasteiger partial charge >= 0.3 is 0 Å². The van der Waals surface area contributed by atoms with Crippen molar-refractivity contribution in [2.45, 2.75) is 13.5 Å². The molecule has 0 fully saturated rings. The number of likely N-dealkylation sites (N-methyl/N-ethyl adjacent to an activating group) is 1. The Morgan fingerprint density at radius 1 is 1.08 bits per heavy atom. The predicted molar refractivity (Wildman–Crippen MR) is 106 cm³/mol. The second-order valence-corrected chi connectivity index (χ2v) is 6.81. The van der Waals surface area contributed by atoms with Crippen LogP contribution in [0.25, 0.3) is 0 Å². The lowest BCUT2D eigenvalue weighted by atomic mass is 10.2. The molecule has 2 aromatic rings. The van der Waals surface area contributed by atoms with E-state index >= 15 is 0 Å². The van der Waals surface area contributed by atoms with Gasteiger partial charge in [-0.05, 0) is 55.9 Å². The number of hydrogen-bond donors (Lipinski definition) is 2. The first-order chi connectivity index (χ1) is 12.4. The minimum atomic E-state index is -0.173. The third-order valence-electron chi connectivity index (χ3n) is 3.53. The molecule has 0 saturated carbocycles. The van der Waals surface area contributed by atoms with Crippen LogP contribution >= 0.6 is 23.2 Å². The molecule has 7 heteroatoms. The van der Waals surface area contributed by atoms with Crippen LogP contribution in [0, 0.1) is 0 Å². The van der Waals surface area contributed by atoms with E-state index in [9.17, 15) is 9.59 Å². The van der Waals surface area contributed by atoms with Crippen molar-refractivity contribution >= 4 is 40.7 Å². The van der Waals surface area contributed by atoms with Crippen molar-refractivity contribution in [3.8, 4) is 0 Å². The molecule has 0 spiro atoms. The minimum Gasteiger partial charge on any atom is -0.352 e. The summed E-state index contributed by atoms with van der Waals surface area (Å²) in [6.07, 6.45) is 0. The average Bonchev–Trinajstić information content (AvgIpc) is 2.53. The molecule has 0 aliphatic rings. The van der Waals surface area contributed by atoms with Crippen molar-refractivity contribution < 1.29 is 9.59 Å². The summed E-state index contributed by atoms with van der Waals surface area (Å²) < 4.78 is 0. The molecule has 0 heterocycles. The summed E-state index contributed by atoms with van der Waals surface area (Å²) in [6.45, 7) is 3.13. The van der Waals surface area contributed by atoms with Gasteiger partial charge in [0.1, 0.15) is 0 Å². The highest BCUT2D eigenvalue weighted by atomic mass is 35.5. The van der Waals surface area contributed by atoms with Gasteiger partial charge in [0.25, 0.3) is 5.91 Å². The summed E-state index contributed by atoms with van der Waals surface area (Å²) in [5, 5.41) is 6.66. The third-order valence-corrected chi connectivity index (χ3v) is 3.97. The molecule has 5 nitrogen and oxygen atoms in total. The van der Waals surface area contributed by atoms with Crippen molar-refractivity contribution in [3.05, 3.63) is 63.6 Å². The highest BCUT2D eigenvalue weighted by Gasteiger charge is 2.10. The fraction of sp³-hybridized carbons (Fsp3) is 0.263. The SMILES string of the molecule is CCNC(=O)c1cccc(NC(=O)CN(C)Cc2cc(Cl)cc(Cl)c2)c1. The van der Waals surface area contributed by atoms with E-state index in [2.05, 4.69) is 10.6 Å². The maximum absolute atomic E-state index is 12.2. The van der Waals surface area contributed by atoms with E-state index < -0.39 is 0 Å². The summed E-state index contributed by atoms with van der Waals surface area (Å²) in [6, 6.07) is 12.1. The molecule has 138 valence electrons. The molecule has 0 bridgehead atoms. The Labute approximate surface area is 163 Å². The molecule has 0 aromatic heterocycles. The first-order valence-electron chi connectivity index (χ1n) is 8.19.